The molecular weight excluding hydrogens is 404 g/mol. The summed E-state index contributed by atoms with van der Waals surface area (Å²) < 4.78 is 5.90. The summed E-state index contributed by atoms with van der Waals surface area (Å²) in [4.78, 5) is 38.5. The molecule has 0 aliphatic carbocycles. The van der Waals surface area contributed by atoms with Crippen molar-refractivity contribution >= 4 is 28.4 Å². The predicted molar refractivity (Wildman–Crippen MR) is 127 cm³/mol. The van der Waals surface area contributed by atoms with Gasteiger partial charge in [0, 0.05) is 7.05 Å². The van der Waals surface area contributed by atoms with Gasteiger partial charge in [0.25, 0.3) is 0 Å². The summed E-state index contributed by atoms with van der Waals surface area (Å²) in [6.07, 6.45) is -0.821. The van der Waals surface area contributed by atoms with Gasteiger partial charge in [0.2, 0.25) is 11.8 Å². The number of likely N-dealkylation sites (N-methyl/N-ethyl adjacent to an activating group) is 1. The van der Waals surface area contributed by atoms with E-state index in [1.54, 1.807) is 7.05 Å². The Kier molecular flexibility index (Phi) is 8.56. The molecule has 6 nitrogen and oxygen atoms in total. The van der Waals surface area contributed by atoms with Crippen LogP contribution in [0.2, 0.25) is 0 Å². The quantitative estimate of drug-likeness (QED) is 0.623. The third kappa shape index (κ3) is 6.63. The minimum atomic E-state index is -0.910. The molecule has 3 atom stereocenters. The summed E-state index contributed by atoms with van der Waals surface area (Å²) in [6, 6.07) is 13.2. The maximum atomic E-state index is 13.5. The lowest BCUT2D eigenvalue weighted by Crippen LogP contribution is -2.56. The second kappa shape index (κ2) is 10.7. The number of carbonyl (C=O) groups excluding carboxylic acids is 3. The van der Waals surface area contributed by atoms with Crippen LogP contribution in [0.1, 0.15) is 47.1 Å². The number of carbonyl (C=O) groups is 3. The summed E-state index contributed by atoms with van der Waals surface area (Å²) in [7, 11) is 1.54. The number of hydrogen-bond donors (Lipinski definition) is 2. The fourth-order valence-corrected chi connectivity index (χ4v) is 3.79. The van der Waals surface area contributed by atoms with E-state index in [2.05, 4.69) is 10.6 Å². The number of ether oxygens (including phenoxy) is 1. The van der Waals surface area contributed by atoms with E-state index >= 15 is 0 Å². The maximum Gasteiger partial charge on any atom is 0.242 e. The molecule has 2 N–H and O–H groups in total. The fourth-order valence-electron chi connectivity index (χ4n) is 3.79. The van der Waals surface area contributed by atoms with Gasteiger partial charge in [-0.25, -0.2) is 0 Å². The molecule has 0 aliphatic heterocycles. The van der Waals surface area contributed by atoms with Gasteiger partial charge in [0.1, 0.15) is 12.1 Å². The zero-order valence-corrected chi connectivity index (χ0v) is 20.2. The van der Waals surface area contributed by atoms with Gasteiger partial charge in [-0.3, -0.25) is 14.4 Å². The zero-order valence-electron chi connectivity index (χ0n) is 20.2. The van der Waals surface area contributed by atoms with Gasteiger partial charge in [-0.15, -0.1) is 0 Å². The lowest BCUT2D eigenvalue weighted by Gasteiger charge is -2.33. The van der Waals surface area contributed by atoms with E-state index in [1.165, 1.54) is 6.92 Å². The predicted octanol–water partition coefficient (Wildman–Crippen LogP) is 3.66. The van der Waals surface area contributed by atoms with Crippen molar-refractivity contribution in [3.8, 4) is 0 Å². The molecule has 174 valence electrons. The summed E-state index contributed by atoms with van der Waals surface area (Å²) in [5.74, 6) is -1.64. The van der Waals surface area contributed by atoms with Gasteiger partial charge in [-0.1, -0.05) is 63.2 Å². The number of hydrogen-bond acceptors (Lipinski definition) is 4. The molecule has 0 heterocycles. The van der Waals surface area contributed by atoms with Crippen molar-refractivity contribution < 1.29 is 19.1 Å². The summed E-state index contributed by atoms with van der Waals surface area (Å²) in [5, 5.41) is 7.67. The lowest BCUT2D eigenvalue weighted by molar-refractivity contribution is -0.146. The van der Waals surface area contributed by atoms with Crippen LogP contribution in [0.15, 0.2) is 42.5 Å². The topological polar surface area (TPSA) is 84.5 Å². The Balaban J connectivity index is 2.42. The Labute approximate surface area is 191 Å². The molecular formula is C26H36N2O4. The molecule has 0 aliphatic rings. The molecule has 3 unspecified atom stereocenters. The number of benzene rings is 2. The standard InChI is InChI=1S/C26H36N2O4/c1-16(2)32-22(17(3)29)21(24(30)28-23(25(31)27-7)26(4,5)6)15-18-12-13-19-10-8-9-11-20(19)14-18/h8-14,16,21-23H,15H2,1-7H3,(H,27,31)(H,28,30). The molecule has 2 aromatic rings. The second-order valence-corrected chi connectivity index (χ2v) is 9.63. The largest absolute Gasteiger partial charge is 0.367 e. The SMILES string of the molecule is CNC(=O)C(NC(=O)C(Cc1ccc2ccccc2c1)C(OC(C)C)C(C)=O)C(C)(C)C. The molecule has 2 rings (SSSR count). The van der Waals surface area contributed by atoms with E-state index in [1.807, 2.05) is 77.1 Å². The molecule has 0 aromatic heterocycles. The van der Waals surface area contributed by atoms with Crippen molar-refractivity contribution in [1.82, 2.24) is 10.6 Å². The third-order valence-corrected chi connectivity index (χ3v) is 5.45. The minimum absolute atomic E-state index is 0.216. The van der Waals surface area contributed by atoms with Gasteiger partial charge >= 0.3 is 0 Å². The van der Waals surface area contributed by atoms with E-state index in [0.29, 0.717) is 6.42 Å². The number of Topliss-reactive ketones (excluding diaryl/α,β-unsaturated/α-hetero) is 1. The highest BCUT2D eigenvalue weighted by Gasteiger charge is 2.38. The molecule has 2 aromatic carbocycles. The van der Waals surface area contributed by atoms with Crippen molar-refractivity contribution in [2.75, 3.05) is 7.05 Å². The normalized spacial score (nSPS) is 14.6. The maximum absolute atomic E-state index is 13.5. The highest BCUT2D eigenvalue weighted by molar-refractivity contribution is 5.93. The van der Waals surface area contributed by atoms with Crippen LogP contribution >= 0.6 is 0 Å². The Hall–Kier alpha value is -2.73. The van der Waals surface area contributed by atoms with Crippen LogP contribution in [0.4, 0.5) is 0 Å². The van der Waals surface area contributed by atoms with Crippen molar-refractivity contribution in [2.45, 2.75) is 66.2 Å². The Morgan fingerprint density at radius 2 is 1.59 bits per heavy atom. The van der Waals surface area contributed by atoms with Crippen LogP contribution in [-0.2, 0) is 25.5 Å². The van der Waals surface area contributed by atoms with E-state index in [4.69, 9.17) is 4.74 Å². The zero-order chi connectivity index (χ0) is 24.1. The highest BCUT2D eigenvalue weighted by Crippen LogP contribution is 2.24. The van der Waals surface area contributed by atoms with Gasteiger partial charge in [0.15, 0.2) is 5.78 Å². The molecule has 0 bridgehead atoms. The van der Waals surface area contributed by atoms with Crippen molar-refractivity contribution in [3.05, 3.63) is 48.0 Å². The van der Waals surface area contributed by atoms with Crippen LogP contribution in [0, 0.1) is 11.3 Å². The number of nitrogens with one attached hydrogen (secondary N) is 2. The summed E-state index contributed by atoms with van der Waals surface area (Å²) in [6.45, 7) is 10.8. The number of fused-ring (bicyclic) bond motifs is 1. The van der Waals surface area contributed by atoms with E-state index < -0.39 is 23.5 Å². The number of amides is 2. The van der Waals surface area contributed by atoms with Crippen LogP contribution in [0.3, 0.4) is 0 Å². The van der Waals surface area contributed by atoms with Crippen LogP contribution in [-0.4, -0.2) is 42.9 Å². The summed E-state index contributed by atoms with van der Waals surface area (Å²) in [5.41, 5.74) is 0.420. The molecule has 0 spiro atoms. The molecule has 2 amide bonds. The van der Waals surface area contributed by atoms with E-state index in [0.717, 1.165) is 16.3 Å². The van der Waals surface area contributed by atoms with E-state index in [9.17, 15) is 14.4 Å². The molecule has 0 radical (unpaired) electrons. The fraction of sp³-hybridized carbons (Fsp3) is 0.500. The van der Waals surface area contributed by atoms with Crippen molar-refractivity contribution in [3.63, 3.8) is 0 Å². The summed E-state index contributed by atoms with van der Waals surface area (Å²) >= 11 is 0. The highest BCUT2D eigenvalue weighted by atomic mass is 16.5. The smallest absolute Gasteiger partial charge is 0.242 e. The van der Waals surface area contributed by atoms with Crippen molar-refractivity contribution in [1.29, 1.82) is 0 Å². The molecule has 6 heteroatoms. The van der Waals surface area contributed by atoms with Crippen LogP contribution in [0.5, 0.6) is 0 Å². The van der Waals surface area contributed by atoms with Crippen LogP contribution in [0.25, 0.3) is 10.8 Å². The average Bonchev–Trinajstić information content (AvgIpc) is 2.72. The minimum Gasteiger partial charge on any atom is -0.367 e. The first-order chi connectivity index (χ1) is 14.9. The van der Waals surface area contributed by atoms with Crippen LogP contribution < -0.4 is 10.6 Å². The lowest BCUT2D eigenvalue weighted by atomic mass is 9.84. The second-order valence-electron chi connectivity index (χ2n) is 9.63. The molecule has 32 heavy (non-hydrogen) atoms. The number of rotatable bonds is 9. The molecule has 0 saturated heterocycles. The number of ketones is 1. The van der Waals surface area contributed by atoms with Gasteiger partial charge < -0.3 is 15.4 Å². The Morgan fingerprint density at radius 3 is 2.12 bits per heavy atom. The molecule has 0 fully saturated rings. The first-order valence-electron chi connectivity index (χ1n) is 11.1. The first kappa shape index (κ1) is 25.5. The van der Waals surface area contributed by atoms with E-state index in [-0.39, 0.29) is 23.7 Å². The first-order valence-corrected chi connectivity index (χ1v) is 11.1. The Bertz CT molecular complexity index is 962. The average molecular weight is 441 g/mol. The van der Waals surface area contributed by atoms with Crippen molar-refractivity contribution in [2.24, 2.45) is 11.3 Å². The Morgan fingerprint density at radius 1 is 0.969 bits per heavy atom. The molecule has 0 saturated carbocycles. The van der Waals surface area contributed by atoms with Gasteiger partial charge in [0.05, 0.1) is 12.0 Å². The van der Waals surface area contributed by atoms with Gasteiger partial charge in [-0.05, 0) is 48.9 Å². The third-order valence-electron chi connectivity index (χ3n) is 5.45. The monoisotopic (exact) mass is 440 g/mol. The van der Waals surface area contributed by atoms with Gasteiger partial charge in [-0.2, -0.15) is 0 Å².